The van der Waals surface area contributed by atoms with E-state index in [1.165, 1.54) is 0 Å². The van der Waals surface area contributed by atoms with Gasteiger partial charge in [0, 0.05) is 13.6 Å². The highest BCUT2D eigenvalue weighted by molar-refractivity contribution is 7.15. The number of rotatable bonds is 5. The summed E-state index contributed by atoms with van der Waals surface area (Å²) in [6, 6.07) is 0. The lowest BCUT2D eigenvalue weighted by Crippen LogP contribution is -2.25. The lowest BCUT2D eigenvalue weighted by Gasteiger charge is -2.31. The Balaban J connectivity index is 2.04. The second kappa shape index (κ2) is 6.00. The Morgan fingerprint density at radius 2 is 2.00 bits per heavy atom. The van der Waals surface area contributed by atoms with Crippen LogP contribution < -0.4 is 4.90 Å². The van der Waals surface area contributed by atoms with Crippen molar-refractivity contribution in [3.63, 3.8) is 0 Å². The van der Waals surface area contributed by atoms with Gasteiger partial charge in [0.2, 0.25) is 0 Å². The molecule has 1 aliphatic carbocycles. The first-order valence-electron chi connectivity index (χ1n) is 7.32. The number of nitrogens with zero attached hydrogens (tertiary/aromatic N) is 3. The van der Waals surface area contributed by atoms with Crippen LogP contribution in [0.2, 0.25) is 0 Å². The number of hydrogen-bond donors (Lipinski definition) is 1. The minimum absolute atomic E-state index is 0.154. The van der Waals surface area contributed by atoms with Crippen LogP contribution in [0.3, 0.4) is 0 Å². The zero-order chi connectivity index (χ0) is 14.9. The van der Waals surface area contributed by atoms with Crippen molar-refractivity contribution < 1.29 is 5.11 Å². The van der Waals surface area contributed by atoms with Gasteiger partial charge < -0.3 is 14.9 Å². The Labute approximate surface area is 126 Å². The Bertz CT molecular complexity index is 456. The molecular formula is C15H27N3OS. The fourth-order valence-electron chi connectivity index (χ4n) is 2.76. The zero-order valence-corrected chi connectivity index (χ0v) is 14.1. The molecule has 1 heterocycles. The third-order valence-corrected chi connectivity index (χ3v) is 5.15. The highest BCUT2D eigenvalue weighted by atomic mass is 32.1. The molecule has 1 aliphatic rings. The first-order valence-corrected chi connectivity index (χ1v) is 8.14. The second-order valence-electron chi connectivity index (χ2n) is 6.95. The van der Waals surface area contributed by atoms with Gasteiger partial charge in [-0.05, 0) is 45.3 Å². The molecule has 0 saturated heterocycles. The van der Waals surface area contributed by atoms with E-state index in [1.807, 2.05) is 0 Å². The predicted octanol–water partition coefficient (Wildman–Crippen LogP) is 2.54. The summed E-state index contributed by atoms with van der Waals surface area (Å²) >= 11 is 1.66. The van der Waals surface area contributed by atoms with Gasteiger partial charge in [-0.15, -0.1) is 0 Å². The van der Waals surface area contributed by atoms with Crippen LogP contribution in [-0.2, 0) is 6.42 Å². The molecule has 1 aromatic rings. The van der Waals surface area contributed by atoms with Crippen molar-refractivity contribution in [2.24, 2.45) is 5.41 Å². The van der Waals surface area contributed by atoms with E-state index in [0.29, 0.717) is 0 Å². The van der Waals surface area contributed by atoms with Crippen molar-refractivity contribution in [3.8, 4) is 0 Å². The molecule has 1 N–H and O–H groups in total. The SMILES string of the molecule is CN(C)CCCN(C)c1nc2c(s1)C(O)CC(C)(C)C2. The van der Waals surface area contributed by atoms with Crippen LogP contribution in [0, 0.1) is 5.41 Å². The highest BCUT2D eigenvalue weighted by Crippen LogP contribution is 2.44. The molecule has 0 aromatic carbocycles. The minimum Gasteiger partial charge on any atom is -0.387 e. The van der Waals surface area contributed by atoms with E-state index in [-0.39, 0.29) is 11.5 Å². The smallest absolute Gasteiger partial charge is 0.185 e. The van der Waals surface area contributed by atoms with E-state index in [1.54, 1.807) is 11.3 Å². The summed E-state index contributed by atoms with van der Waals surface area (Å²) in [6.07, 6.45) is 2.60. The Kier molecular flexibility index (Phi) is 4.72. The number of hydrogen-bond acceptors (Lipinski definition) is 5. The van der Waals surface area contributed by atoms with E-state index in [4.69, 9.17) is 4.98 Å². The van der Waals surface area contributed by atoms with Gasteiger partial charge in [0.25, 0.3) is 0 Å². The lowest BCUT2D eigenvalue weighted by atomic mass is 9.77. The highest BCUT2D eigenvalue weighted by Gasteiger charge is 2.34. The largest absolute Gasteiger partial charge is 0.387 e. The van der Waals surface area contributed by atoms with E-state index in [0.717, 1.165) is 48.1 Å². The molecule has 0 fully saturated rings. The third kappa shape index (κ3) is 3.71. The topological polar surface area (TPSA) is 39.6 Å². The molecule has 20 heavy (non-hydrogen) atoms. The van der Waals surface area contributed by atoms with Gasteiger partial charge in [-0.25, -0.2) is 4.98 Å². The monoisotopic (exact) mass is 297 g/mol. The van der Waals surface area contributed by atoms with Gasteiger partial charge in [-0.3, -0.25) is 0 Å². The Morgan fingerprint density at radius 3 is 2.65 bits per heavy atom. The molecule has 2 rings (SSSR count). The molecule has 0 saturated carbocycles. The van der Waals surface area contributed by atoms with Crippen LogP contribution in [-0.4, -0.2) is 49.2 Å². The molecule has 4 nitrogen and oxygen atoms in total. The number of thiazole rings is 1. The molecule has 0 radical (unpaired) electrons. The zero-order valence-electron chi connectivity index (χ0n) is 13.3. The van der Waals surface area contributed by atoms with Crippen LogP contribution in [0.15, 0.2) is 0 Å². The summed E-state index contributed by atoms with van der Waals surface area (Å²) < 4.78 is 0. The van der Waals surface area contributed by atoms with Crippen molar-refractivity contribution in [1.29, 1.82) is 0 Å². The number of fused-ring (bicyclic) bond motifs is 1. The summed E-state index contributed by atoms with van der Waals surface area (Å²) in [7, 11) is 6.29. The number of aromatic nitrogens is 1. The summed E-state index contributed by atoms with van der Waals surface area (Å²) in [5.74, 6) is 0. The normalized spacial score (nSPS) is 21.1. The fraction of sp³-hybridized carbons (Fsp3) is 0.800. The van der Waals surface area contributed by atoms with Gasteiger partial charge in [-0.1, -0.05) is 25.2 Å². The molecular weight excluding hydrogens is 270 g/mol. The fourth-order valence-corrected chi connectivity index (χ4v) is 3.82. The van der Waals surface area contributed by atoms with Crippen molar-refractivity contribution in [2.75, 3.05) is 39.1 Å². The maximum atomic E-state index is 10.3. The van der Waals surface area contributed by atoms with Crippen molar-refractivity contribution in [3.05, 3.63) is 10.6 Å². The molecule has 1 aromatic heterocycles. The minimum atomic E-state index is -0.338. The number of anilines is 1. The molecule has 5 heteroatoms. The molecule has 1 atom stereocenters. The standard InChI is InChI=1S/C15H27N3OS/c1-15(2)9-11-13(12(19)10-15)20-14(16-11)18(5)8-6-7-17(3)4/h12,19H,6-10H2,1-5H3. The van der Waals surface area contributed by atoms with E-state index in [9.17, 15) is 5.11 Å². The maximum Gasteiger partial charge on any atom is 0.185 e. The van der Waals surface area contributed by atoms with Crippen LogP contribution in [0.25, 0.3) is 0 Å². The lowest BCUT2D eigenvalue weighted by molar-refractivity contribution is 0.102. The van der Waals surface area contributed by atoms with Crippen LogP contribution in [0.5, 0.6) is 0 Å². The first kappa shape index (κ1) is 15.7. The van der Waals surface area contributed by atoms with Gasteiger partial charge >= 0.3 is 0 Å². The molecule has 114 valence electrons. The first-order chi connectivity index (χ1) is 9.28. The van der Waals surface area contributed by atoms with Gasteiger partial charge in [0.05, 0.1) is 16.7 Å². The van der Waals surface area contributed by atoms with Crippen molar-refractivity contribution in [2.45, 2.75) is 39.2 Å². The molecule has 0 bridgehead atoms. The average Bonchev–Trinajstić information content (AvgIpc) is 2.70. The Hall–Kier alpha value is -0.650. The quantitative estimate of drug-likeness (QED) is 0.906. The molecule has 0 amide bonds. The van der Waals surface area contributed by atoms with Gasteiger partial charge in [0.1, 0.15) is 0 Å². The van der Waals surface area contributed by atoms with Crippen LogP contribution >= 0.6 is 11.3 Å². The second-order valence-corrected chi connectivity index (χ2v) is 7.96. The molecule has 0 spiro atoms. The van der Waals surface area contributed by atoms with Gasteiger partial charge in [-0.2, -0.15) is 0 Å². The summed E-state index contributed by atoms with van der Waals surface area (Å²) in [5.41, 5.74) is 1.26. The van der Waals surface area contributed by atoms with Crippen molar-refractivity contribution >= 4 is 16.5 Å². The van der Waals surface area contributed by atoms with E-state index in [2.05, 4.69) is 44.8 Å². The summed E-state index contributed by atoms with van der Waals surface area (Å²) in [6.45, 7) is 6.51. The maximum absolute atomic E-state index is 10.3. The van der Waals surface area contributed by atoms with E-state index >= 15 is 0 Å². The van der Waals surface area contributed by atoms with Crippen molar-refractivity contribution in [1.82, 2.24) is 9.88 Å². The Morgan fingerprint density at radius 1 is 1.30 bits per heavy atom. The molecule has 1 unspecified atom stereocenters. The summed E-state index contributed by atoms with van der Waals surface area (Å²) in [5, 5.41) is 11.3. The summed E-state index contributed by atoms with van der Waals surface area (Å²) in [4.78, 5) is 10.3. The third-order valence-electron chi connectivity index (χ3n) is 3.84. The van der Waals surface area contributed by atoms with Crippen LogP contribution in [0.1, 0.15) is 43.4 Å². The predicted molar refractivity (Wildman–Crippen MR) is 85.6 cm³/mol. The number of aliphatic hydroxyl groups is 1. The molecule has 0 aliphatic heterocycles. The van der Waals surface area contributed by atoms with Crippen LogP contribution in [0.4, 0.5) is 5.13 Å². The number of aliphatic hydroxyl groups excluding tert-OH is 1. The van der Waals surface area contributed by atoms with E-state index < -0.39 is 0 Å². The van der Waals surface area contributed by atoms with Gasteiger partial charge in [0.15, 0.2) is 5.13 Å². The average molecular weight is 297 g/mol.